The van der Waals surface area contributed by atoms with Crippen LogP contribution in [0.5, 0.6) is 0 Å². The van der Waals surface area contributed by atoms with Crippen molar-refractivity contribution >= 4 is 39.0 Å². The number of amides is 1. The Hall–Kier alpha value is -3.39. The zero-order valence-corrected chi connectivity index (χ0v) is 20.9. The van der Waals surface area contributed by atoms with Crippen LogP contribution in [0.3, 0.4) is 0 Å². The van der Waals surface area contributed by atoms with Gasteiger partial charge >= 0.3 is 12.1 Å². The Labute approximate surface area is 214 Å². The number of hydrogen-bond donors (Lipinski definition) is 1. The molecule has 184 valence electrons. The fourth-order valence-electron chi connectivity index (χ4n) is 5.02. The van der Waals surface area contributed by atoms with Gasteiger partial charge in [-0.05, 0) is 54.7 Å². The fourth-order valence-corrected chi connectivity index (χ4v) is 5.43. The molecule has 1 aliphatic carbocycles. The lowest BCUT2D eigenvalue weighted by molar-refractivity contribution is -0.170. The van der Waals surface area contributed by atoms with Crippen LogP contribution in [-0.2, 0) is 9.59 Å². The summed E-state index contributed by atoms with van der Waals surface area (Å²) in [6.45, 7) is 1.98. The van der Waals surface area contributed by atoms with Crippen molar-refractivity contribution in [3.63, 3.8) is 0 Å². The summed E-state index contributed by atoms with van der Waals surface area (Å²) >= 11 is 3.38. The normalized spacial score (nSPS) is 19.8. The second-order valence-corrected chi connectivity index (χ2v) is 10.0. The van der Waals surface area contributed by atoms with Crippen molar-refractivity contribution in [2.24, 2.45) is 0 Å². The average Bonchev–Trinajstić information content (AvgIpc) is 2.98. The summed E-state index contributed by atoms with van der Waals surface area (Å²) in [6, 6.07) is 19.8. The predicted octanol–water partition coefficient (Wildman–Crippen LogP) is 7.22. The minimum Gasteiger partial charge on any atom is -0.357 e. The number of para-hydroxylation sites is 2. The van der Waals surface area contributed by atoms with E-state index >= 15 is 0 Å². The second-order valence-electron chi connectivity index (χ2n) is 9.10. The Bertz CT molecular complexity index is 1380. The zero-order chi connectivity index (χ0) is 25.6. The molecule has 0 spiro atoms. The van der Waals surface area contributed by atoms with E-state index in [-0.39, 0.29) is 29.4 Å². The van der Waals surface area contributed by atoms with Gasteiger partial charge in [0.1, 0.15) is 0 Å². The molecule has 2 unspecified atom stereocenters. The molecule has 0 bridgehead atoms. The number of allylic oxidation sites excluding steroid dienone is 1. The van der Waals surface area contributed by atoms with Gasteiger partial charge in [-0.15, -0.1) is 0 Å². The Kier molecular flexibility index (Phi) is 6.24. The summed E-state index contributed by atoms with van der Waals surface area (Å²) in [4.78, 5) is 27.4. The molecule has 0 aromatic heterocycles. The monoisotopic (exact) mass is 554 g/mol. The van der Waals surface area contributed by atoms with Gasteiger partial charge in [0.05, 0.1) is 17.4 Å². The summed E-state index contributed by atoms with van der Waals surface area (Å²) < 4.78 is 42.5. The van der Waals surface area contributed by atoms with E-state index in [2.05, 4.69) is 21.2 Å². The number of ketones is 1. The van der Waals surface area contributed by atoms with Crippen LogP contribution in [0, 0.1) is 6.92 Å². The molecule has 1 aliphatic heterocycles. The molecule has 5 rings (SSSR count). The first kappa shape index (κ1) is 24.3. The first-order valence-corrected chi connectivity index (χ1v) is 12.3. The highest BCUT2D eigenvalue weighted by atomic mass is 79.9. The Balaban J connectivity index is 1.73. The summed E-state index contributed by atoms with van der Waals surface area (Å²) in [5, 5.41) is 3.24. The average molecular weight is 555 g/mol. The highest BCUT2D eigenvalue weighted by Crippen LogP contribution is 2.48. The van der Waals surface area contributed by atoms with Crippen molar-refractivity contribution in [3.05, 3.63) is 105 Å². The molecule has 3 aromatic rings. The highest BCUT2D eigenvalue weighted by molar-refractivity contribution is 9.10. The molecule has 4 nitrogen and oxygen atoms in total. The molecular formula is C28H22BrF3N2O2. The Morgan fingerprint density at radius 2 is 1.69 bits per heavy atom. The van der Waals surface area contributed by atoms with E-state index in [9.17, 15) is 22.8 Å². The molecule has 0 saturated heterocycles. The summed E-state index contributed by atoms with van der Waals surface area (Å²) in [6.07, 6.45) is -4.57. The van der Waals surface area contributed by atoms with Crippen LogP contribution in [-0.4, -0.2) is 17.9 Å². The number of carbonyl (C=O) groups excluding carboxylic acids is 2. The fraction of sp³-hybridized carbons (Fsp3) is 0.214. The lowest BCUT2D eigenvalue weighted by Gasteiger charge is -2.35. The summed E-state index contributed by atoms with van der Waals surface area (Å²) in [5.41, 5.74) is 3.63. The molecule has 1 N–H and O–H groups in total. The number of benzene rings is 3. The maximum absolute atomic E-state index is 13.9. The quantitative estimate of drug-likeness (QED) is 0.363. The molecular weight excluding hydrogens is 533 g/mol. The first-order chi connectivity index (χ1) is 17.1. The van der Waals surface area contributed by atoms with Crippen LogP contribution in [0.1, 0.15) is 41.5 Å². The third-order valence-corrected chi connectivity index (χ3v) is 7.16. The molecule has 1 amide bonds. The minimum atomic E-state index is -5.13. The van der Waals surface area contributed by atoms with Crippen LogP contribution in [0.2, 0.25) is 0 Å². The molecule has 8 heteroatoms. The van der Waals surface area contributed by atoms with Crippen molar-refractivity contribution in [2.75, 3.05) is 10.2 Å². The predicted molar refractivity (Wildman–Crippen MR) is 136 cm³/mol. The largest absolute Gasteiger partial charge is 0.471 e. The van der Waals surface area contributed by atoms with E-state index in [1.165, 1.54) is 6.07 Å². The molecule has 1 heterocycles. The Morgan fingerprint density at radius 1 is 0.972 bits per heavy atom. The van der Waals surface area contributed by atoms with E-state index in [1.807, 2.05) is 31.2 Å². The van der Waals surface area contributed by atoms with Gasteiger partial charge in [-0.1, -0.05) is 70.0 Å². The van der Waals surface area contributed by atoms with Gasteiger partial charge in [-0.2, -0.15) is 13.2 Å². The van der Waals surface area contributed by atoms with E-state index in [4.69, 9.17) is 0 Å². The number of nitrogens with one attached hydrogen (secondary N) is 1. The number of Topliss-reactive ketones (excluding diaryl/α,β-unsaturated/α-hetero) is 1. The zero-order valence-electron chi connectivity index (χ0n) is 19.3. The summed E-state index contributed by atoms with van der Waals surface area (Å²) in [5.74, 6) is -2.44. The number of aryl methyl sites for hydroxylation is 1. The van der Waals surface area contributed by atoms with Crippen molar-refractivity contribution in [3.8, 4) is 0 Å². The smallest absolute Gasteiger partial charge is 0.357 e. The number of halogens is 4. The standard InChI is InChI=1S/C28H22BrF3N2O2/c1-16-9-11-17(12-10-16)19-14-22-25(24(35)15-19)26(18-5-4-6-20(29)13-18)34(27(36)28(30,31)32)23-8-3-2-7-21(23)33-22/h2-13,19,26,33H,14-15H2,1H3. The summed E-state index contributed by atoms with van der Waals surface area (Å²) in [7, 11) is 0. The maximum Gasteiger partial charge on any atom is 0.471 e. The van der Waals surface area contributed by atoms with Crippen LogP contribution < -0.4 is 10.2 Å². The van der Waals surface area contributed by atoms with Crippen molar-refractivity contribution in [1.82, 2.24) is 0 Å². The van der Waals surface area contributed by atoms with Crippen LogP contribution in [0.25, 0.3) is 0 Å². The van der Waals surface area contributed by atoms with Crippen LogP contribution >= 0.6 is 15.9 Å². The number of rotatable bonds is 2. The highest BCUT2D eigenvalue weighted by Gasteiger charge is 2.50. The number of carbonyl (C=O) groups is 2. The van der Waals surface area contributed by atoms with Crippen molar-refractivity contribution in [2.45, 2.75) is 37.9 Å². The van der Waals surface area contributed by atoms with E-state index in [0.29, 0.717) is 27.8 Å². The topological polar surface area (TPSA) is 49.4 Å². The third kappa shape index (κ3) is 4.46. The lowest BCUT2D eigenvalue weighted by Crippen LogP contribution is -2.45. The molecule has 0 radical (unpaired) electrons. The van der Waals surface area contributed by atoms with E-state index in [1.54, 1.807) is 42.5 Å². The molecule has 3 aromatic carbocycles. The van der Waals surface area contributed by atoms with Crippen molar-refractivity contribution in [1.29, 1.82) is 0 Å². The van der Waals surface area contributed by atoms with Gasteiger partial charge < -0.3 is 5.32 Å². The van der Waals surface area contributed by atoms with Gasteiger partial charge in [0.2, 0.25) is 0 Å². The first-order valence-electron chi connectivity index (χ1n) is 11.5. The number of nitrogens with zero attached hydrogens (tertiary/aromatic N) is 1. The molecule has 0 saturated carbocycles. The van der Waals surface area contributed by atoms with Crippen LogP contribution in [0.4, 0.5) is 24.5 Å². The maximum atomic E-state index is 13.9. The Morgan fingerprint density at radius 3 is 2.39 bits per heavy atom. The second kappa shape index (κ2) is 9.24. The van der Waals surface area contributed by atoms with Crippen LogP contribution in [0.15, 0.2) is 88.5 Å². The number of hydrogen-bond acceptors (Lipinski definition) is 3. The third-order valence-electron chi connectivity index (χ3n) is 6.66. The van der Waals surface area contributed by atoms with E-state index < -0.39 is 18.1 Å². The number of fused-ring (bicyclic) bond motifs is 1. The molecule has 2 aliphatic rings. The number of alkyl halides is 3. The minimum absolute atomic E-state index is 0.0684. The SMILES string of the molecule is Cc1ccc(C2CC(=O)C3=C(C2)Nc2ccccc2N(C(=O)C(F)(F)F)C3c2cccc(Br)c2)cc1. The van der Waals surface area contributed by atoms with Gasteiger partial charge in [-0.3, -0.25) is 14.5 Å². The van der Waals surface area contributed by atoms with Crippen molar-refractivity contribution < 1.29 is 22.8 Å². The van der Waals surface area contributed by atoms with Gasteiger partial charge in [-0.25, -0.2) is 0 Å². The lowest BCUT2D eigenvalue weighted by atomic mass is 9.78. The number of anilines is 2. The molecule has 0 fully saturated rings. The van der Waals surface area contributed by atoms with Gasteiger partial charge in [0, 0.05) is 22.2 Å². The van der Waals surface area contributed by atoms with Gasteiger partial charge in [0.15, 0.2) is 5.78 Å². The molecule has 36 heavy (non-hydrogen) atoms. The van der Waals surface area contributed by atoms with E-state index in [0.717, 1.165) is 16.0 Å². The van der Waals surface area contributed by atoms with Gasteiger partial charge in [0.25, 0.3) is 0 Å². The molecule has 2 atom stereocenters.